The maximum atomic E-state index is 10.5. The molecule has 0 atom stereocenters. The Kier molecular flexibility index (Phi) is 2.95. The Labute approximate surface area is 73.7 Å². The number of amides is 2. The standard InChI is InChI=1S/C9H18N2O/c1-9(7-11-8(10)12)5-3-2-4-6-9/h2-7H2,1H3,(H3,10,11,12). The van der Waals surface area contributed by atoms with E-state index in [-0.39, 0.29) is 0 Å². The SMILES string of the molecule is CC1(CNC(N)=O)CCCCC1. The fraction of sp³-hybridized carbons (Fsp3) is 0.889. The zero-order chi connectivity index (χ0) is 9.03. The van der Waals surface area contributed by atoms with Gasteiger partial charge in [-0.25, -0.2) is 4.79 Å². The lowest BCUT2D eigenvalue weighted by Gasteiger charge is -2.33. The Morgan fingerprint density at radius 3 is 2.50 bits per heavy atom. The van der Waals surface area contributed by atoms with Gasteiger partial charge in [0.1, 0.15) is 0 Å². The van der Waals surface area contributed by atoms with E-state index in [0.717, 1.165) is 6.54 Å². The van der Waals surface area contributed by atoms with Crippen molar-refractivity contribution in [1.29, 1.82) is 0 Å². The molecule has 0 aromatic rings. The highest BCUT2D eigenvalue weighted by Crippen LogP contribution is 2.34. The molecule has 1 fully saturated rings. The zero-order valence-electron chi connectivity index (χ0n) is 7.73. The van der Waals surface area contributed by atoms with Crippen molar-refractivity contribution in [3.8, 4) is 0 Å². The van der Waals surface area contributed by atoms with Crippen molar-refractivity contribution in [3.05, 3.63) is 0 Å². The topological polar surface area (TPSA) is 55.1 Å². The molecule has 2 amide bonds. The van der Waals surface area contributed by atoms with Gasteiger partial charge in [0, 0.05) is 6.54 Å². The highest BCUT2D eigenvalue weighted by atomic mass is 16.2. The fourth-order valence-electron chi connectivity index (χ4n) is 1.88. The van der Waals surface area contributed by atoms with E-state index in [0.29, 0.717) is 5.41 Å². The molecule has 0 unspecified atom stereocenters. The van der Waals surface area contributed by atoms with Gasteiger partial charge < -0.3 is 11.1 Å². The molecule has 0 radical (unpaired) electrons. The van der Waals surface area contributed by atoms with Crippen LogP contribution in [0.1, 0.15) is 39.0 Å². The maximum Gasteiger partial charge on any atom is 0.312 e. The normalized spacial score (nSPS) is 21.8. The zero-order valence-corrected chi connectivity index (χ0v) is 7.73. The van der Waals surface area contributed by atoms with E-state index < -0.39 is 6.03 Å². The molecule has 1 aliphatic carbocycles. The minimum Gasteiger partial charge on any atom is -0.352 e. The van der Waals surface area contributed by atoms with Crippen LogP contribution in [0.5, 0.6) is 0 Å². The van der Waals surface area contributed by atoms with Crippen molar-refractivity contribution in [1.82, 2.24) is 5.32 Å². The summed E-state index contributed by atoms with van der Waals surface area (Å²) >= 11 is 0. The van der Waals surface area contributed by atoms with Gasteiger partial charge >= 0.3 is 6.03 Å². The summed E-state index contributed by atoms with van der Waals surface area (Å²) in [5.74, 6) is 0. The van der Waals surface area contributed by atoms with Crippen molar-refractivity contribution in [2.24, 2.45) is 11.1 Å². The summed E-state index contributed by atoms with van der Waals surface area (Å²) in [6, 6.07) is -0.401. The van der Waals surface area contributed by atoms with Crippen molar-refractivity contribution in [2.45, 2.75) is 39.0 Å². The molecule has 12 heavy (non-hydrogen) atoms. The van der Waals surface area contributed by atoms with E-state index in [1.807, 2.05) is 0 Å². The fourth-order valence-corrected chi connectivity index (χ4v) is 1.88. The second-order valence-corrected chi connectivity index (χ2v) is 4.09. The second kappa shape index (κ2) is 3.78. The average Bonchev–Trinajstić information content (AvgIpc) is 2.03. The third-order valence-electron chi connectivity index (χ3n) is 2.75. The monoisotopic (exact) mass is 170 g/mol. The van der Waals surface area contributed by atoms with Crippen molar-refractivity contribution < 1.29 is 4.79 Å². The van der Waals surface area contributed by atoms with Gasteiger partial charge in [-0.15, -0.1) is 0 Å². The Hall–Kier alpha value is -0.730. The molecule has 0 aliphatic heterocycles. The summed E-state index contributed by atoms with van der Waals surface area (Å²) in [6.45, 7) is 2.96. The van der Waals surface area contributed by atoms with Gasteiger partial charge in [0.2, 0.25) is 0 Å². The van der Waals surface area contributed by atoms with Crippen molar-refractivity contribution in [2.75, 3.05) is 6.54 Å². The number of hydrogen-bond acceptors (Lipinski definition) is 1. The maximum absolute atomic E-state index is 10.5. The summed E-state index contributed by atoms with van der Waals surface area (Å²) in [5, 5.41) is 2.69. The molecule has 3 nitrogen and oxygen atoms in total. The van der Waals surface area contributed by atoms with E-state index in [1.54, 1.807) is 0 Å². The number of carbonyl (C=O) groups excluding carboxylic acids is 1. The summed E-state index contributed by atoms with van der Waals surface area (Å²) < 4.78 is 0. The van der Waals surface area contributed by atoms with Crippen molar-refractivity contribution in [3.63, 3.8) is 0 Å². The predicted octanol–water partition coefficient (Wildman–Crippen LogP) is 1.63. The Balaban J connectivity index is 2.31. The second-order valence-electron chi connectivity index (χ2n) is 4.09. The van der Waals surface area contributed by atoms with Crippen LogP contribution in [0.2, 0.25) is 0 Å². The predicted molar refractivity (Wildman–Crippen MR) is 48.8 cm³/mol. The van der Waals surface area contributed by atoms with E-state index in [2.05, 4.69) is 12.2 Å². The molecule has 0 bridgehead atoms. The molecule has 1 aliphatic rings. The number of carbonyl (C=O) groups is 1. The van der Waals surface area contributed by atoms with Gasteiger partial charge in [-0.2, -0.15) is 0 Å². The van der Waals surface area contributed by atoms with Crippen LogP contribution in [0.4, 0.5) is 4.79 Å². The smallest absolute Gasteiger partial charge is 0.312 e. The molecule has 3 heteroatoms. The molecule has 0 spiro atoms. The van der Waals surface area contributed by atoms with Gasteiger partial charge in [0.15, 0.2) is 0 Å². The van der Waals surface area contributed by atoms with Gasteiger partial charge in [-0.3, -0.25) is 0 Å². The summed E-state index contributed by atoms with van der Waals surface area (Å²) in [6.07, 6.45) is 6.35. The summed E-state index contributed by atoms with van der Waals surface area (Å²) in [5.41, 5.74) is 5.32. The lowest BCUT2D eigenvalue weighted by molar-refractivity contribution is 0.202. The first-order chi connectivity index (χ1) is 5.62. The number of hydrogen-bond donors (Lipinski definition) is 2. The minimum atomic E-state index is -0.401. The molecule has 0 heterocycles. The lowest BCUT2D eigenvalue weighted by Crippen LogP contribution is -2.39. The third-order valence-corrected chi connectivity index (χ3v) is 2.75. The lowest BCUT2D eigenvalue weighted by atomic mass is 9.76. The average molecular weight is 170 g/mol. The van der Waals surface area contributed by atoms with E-state index in [1.165, 1.54) is 32.1 Å². The molecule has 0 aromatic heterocycles. The largest absolute Gasteiger partial charge is 0.352 e. The molecule has 70 valence electrons. The van der Waals surface area contributed by atoms with E-state index in [4.69, 9.17) is 5.73 Å². The highest BCUT2D eigenvalue weighted by Gasteiger charge is 2.26. The van der Waals surface area contributed by atoms with Crippen LogP contribution in [0.25, 0.3) is 0 Å². The van der Waals surface area contributed by atoms with Crippen LogP contribution in [0, 0.1) is 5.41 Å². The molecular weight excluding hydrogens is 152 g/mol. The van der Waals surface area contributed by atoms with Crippen LogP contribution in [0.15, 0.2) is 0 Å². The highest BCUT2D eigenvalue weighted by molar-refractivity contribution is 5.71. The third kappa shape index (κ3) is 2.72. The molecule has 1 rings (SSSR count). The van der Waals surface area contributed by atoms with Crippen LogP contribution in [-0.2, 0) is 0 Å². The molecular formula is C9H18N2O. The van der Waals surface area contributed by atoms with Crippen LogP contribution in [0.3, 0.4) is 0 Å². The first kappa shape index (κ1) is 9.36. The quantitative estimate of drug-likeness (QED) is 0.650. The van der Waals surface area contributed by atoms with E-state index >= 15 is 0 Å². The van der Waals surface area contributed by atoms with Crippen LogP contribution < -0.4 is 11.1 Å². The van der Waals surface area contributed by atoms with Crippen LogP contribution >= 0.6 is 0 Å². The minimum absolute atomic E-state index is 0.299. The first-order valence-electron chi connectivity index (χ1n) is 4.66. The van der Waals surface area contributed by atoms with Gasteiger partial charge in [-0.05, 0) is 18.3 Å². The Bertz CT molecular complexity index is 162. The Morgan fingerprint density at radius 1 is 1.42 bits per heavy atom. The number of rotatable bonds is 2. The number of urea groups is 1. The first-order valence-corrected chi connectivity index (χ1v) is 4.66. The molecule has 0 aromatic carbocycles. The van der Waals surface area contributed by atoms with Gasteiger partial charge in [-0.1, -0.05) is 26.2 Å². The molecule has 1 saturated carbocycles. The Morgan fingerprint density at radius 2 is 2.00 bits per heavy atom. The van der Waals surface area contributed by atoms with Crippen molar-refractivity contribution >= 4 is 6.03 Å². The molecule has 3 N–H and O–H groups in total. The number of primary amides is 1. The van der Waals surface area contributed by atoms with E-state index in [9.17, 15) is 4.79 Å². The summed E-state index contributed by atoms with van der Waals surface area (Å²) in [4.78, 5) is 10.5. The number of nitrogens with two attached hydrogens (primary N) is 1. The van der Waals surface area contributed by atoms with Crippen LogP contribution in [-0.4, -0.2) is 12.6 Å². The van der Waals surface area contributed by atoms with Gasteiger partial charge in [0.05, 0.1) is 0 Å². The summed E-state index contributed by atoms with van der Waals surface area (Å²) in [7, 11) is 0. The number of nitrogens with one attached hydrogen (secondary N) is 1. The van der Waals surface area contributed by atoms with Gasteiger partial charge in [0.25, 0.3) is 0 Å². The molecule has 0 saturated heterocycles.